The zero-order chi connectivity index (χ0) is 15.9. The second-order valence-electron chi connectivity index (χ2n) is 5.57. The van der Waals surface area contributed by atoms with Gasteiger partial charge in [-0.15, -0.1) is 0 Å². The minimum Gasteiger partial charge on any atom is -0.462 e. The number of esters is 1. The minimum absolute atomic E-state index is 0.344. The molecule has 5 nitrogen and oxygen atoms in total. The van der Waals surface area contributed by atoms with Gasteiger partial charge in [-0.3, -0.25) is 0 Å². The quantitative estimate of drug-likeness (QED) is 0.385. The van der Waals surface area contributed by atoms with Gasteiger partial charge < -0.3 is 10.1 Å². The number of anilines is 1. The lowest BCUT2D eigenvalue weighted by Gasteiger charge is -2.20. The monoisotopic (exact) mass is 323 g/mol. The third kappa shape index (κ3) is 4.35. The van der Waals surface area contributed by atoms with Crippen molar-refractivity contribution in [3.8, 4) is 0 Å². The summed E-state index contributed by atoms with van der Waals surface area (Å²) in [6, 6.07) is 0.375. The largest absolute Gasteiger partial charge is 0.462 e. The second-order valence-corrected chi connectivity index (χ2v) is 6.35. The predicted octanol–water partition coefficient (Wildman–Crippen LogP) is 3.82. The summed E-state index contributed by atoms with van der Waals surface area (Å²) in [6.45, 7) is 4.00. The van der Waals surface area contributed by atoms with Crippen LogP contribution in [0.4, 0.5) is 5.82 Å². The van der Waals surface area contributed by atoms with Crippen LogP contribution in [0.2, 0.25) is 0 Å². The van der Waals surface area contributed by atoms with E-state index in [0.717, 1.165) is 12.8 Å². The normalized spacial score (nSPS) is 16.1. The Labute approximate surface area is 136 Å². The van der Waals surface area contributed by atoms with E-state index in [2.05, 4.69) is 15.3 Å². The van der Waals surface area contributed by atoms with Crippen LogP contribution in [0.5, 0.6) is 0 Å². The van der Waals surface area contributed by atoms with Crippen molar-refractivity contribution in [3.63, 3.8) is 0 Å². The van der Waals surface area contributed by atoms with Crippen LogP contribution in [0.1, 0.15) is 61.5 Å². The molecule has 1 saturated carbocycles. The van der Waals surface area contributed by atoms with Crippen molar-refractivity contribution in [2.75, 3.05) is 18.2 Å². The third-order valence-electron chi connectivity index (χ3n) is 3.93. The molecule has 1 aliphatic rings. The molecule has 0 bridgehead atoms. The predicted molar refractivity (Wildman–Crippen MR) is 89.6 cm³/mol. The van der Waals surface area contributed by atoms with Crippen LogP contribution in [0, 0.1) is 6.92 Å². The van der Waals surface area contributed by atoms with Gasteiger partial charge in [0.05, 0.1) is 12.3 Å². The number of hydrogen-bond acceptors (Lipinski definition) is 6. The molecular formula is C16H25N3O2S. The van der Waals surface area contributed by atoms with Crippen LogP contribution in [-0.4, -0.2) is 34.8 Å². The van der Waals surface area contributed by atoms with Gasteiger partial charge in [-0.2, -0.15) is 0 Å². The minimum atomic E-state index is -0.344. The number of aryl methyl sites for hydroxylation is 1. The molecule has 0 spiro atoms. The SMILES string of the molecule is CCOC(=O)c1c(C)nc(SC)nc1NC1CCCCCC1. The summed E-state index contributed by atoms with van der Waals surface area (Å²) in [5, 5.41) is 4.16. The summed E-state index contributed by atoms with van der Waals surface area (Å²) in [5.41, 5.74) is 1.15. The first-order valence-electron chi connectivity index (χ1n) is 8.02. The molecular weight excluding hydrogens is 298 g/mol. The number of aromatic nitrogens is 2. The third-order valence-corrected chi connectivity index (χ3v) is 4.48. The van der Waals surface area contributed by atoms with Crippen molar-refractivity contribution >= 4 is 23.5 Å². The molecule has 2 rings (SSSR count). The molecule has 6 heteroatoms. The first-order valence-corrected chi connectivity index (χ1v) is 9.24. The highest BCUT2D eigenvalue weighted by atomic mass is 32.2. The van der Waals surface area contributed by atoms with E-state index < -0.39 is 0 Å². The van der Waals surface area contributed by atoms with Gasteiger partial charge in [-0.25, -0.2) is 14.8 Å². The number of nitrogens with one attached hydrogen (secondary N) is 1. The average Bonchev–Trinajstić information content (AvgIpc) is 2.75. The number of ether oxygens (including phenoxy) is 1. The summed E-state index contributed by atoms with van der Waals surface area (Å²) in [6.07, 6.45) is 9.23. The van der Waals surface area contributed by atoms with E-state index in [1.165, 1.54) is 37.4 Å². The lowest BCUT2D eigenvalue weighted by Crippen LogP contribution is -2.23. The highest BCUT2D eigenvalue weighted by Gasteiger charge is 2.22. The van der Waals surface area contributed by atoms with Gasteiger partial charge in [0.2, 0.25) is 0 Å². The smallest absolute Gasteiger partial charge is 0.343 e. The number of carbonyl (C=O) groups excluding carboxylic acids is 1. The zero-order valence-corrected chi connectivity index (χ0v) is 14.5. The first kappa shape index (κ1) is 17.1. The molecule has 122 valence electrons. The molecule has 1 aromatic rings. The molecule has 0 aromatic carbocycles. The van der Waals surface area contributed by atoms with E-state index >= 15 is 0 Å². The van der Waals surface area contributed by atoms with Gasteiger partial charge in [-0.05, 0) is 32.9 Å². The Kier molecular flexibility index (Phi) is 6.49. The van der Waals surface area contributed by atoms with Crippen molar-refractivity contribution in [1.29, 1.82) is 0 Å². The molecule has 0 atom stereocenters. The Morgan fingerprint density at radius 2 is 1.95 bits per heavy atom. The Morgan fingerprint density at radius 3 is 2.55 bits per heavy atom. The fraction of sp³-hybridized carbons (Fsp3) is 0.688. The molecule has 0 unspecified atom stereocenters. The van der Waals surface area contributed by atoms with Gasteiger partial charge in [0.1, 0.15) is 11.4 Å². The Hall–Kier alpha value is -1.30. The maximum Gasteiger partial charge on any atom is 0.343 e. The van der Waals surface area contributed by atoms with Crippen LogP contribution in [-0.2, 0) is 4.74 Å². The summed E-state index contributed by atoms with van der Waals surface area (Å²) >= 11 is 1.48. The van der Waals surface area contributed by atoms with Crippen LogP contribution < -0.4 is 5.32 Å². The summed E-state index contributed by atoms with van der Waals surface area (Å²) in [5.74, 6) is 0.283. The Balaban J connectivity index is 2.29. The van der Waals surface area contributed by atoms with Crippen LogP contribution in [0.15, 0.2) is 5.16 Å². The van der Waals surface area contributed by atoms with Crippen LogP contribution in [0.3, 0.4) is 0 Å². The van der Waals surface area contributed by atoms with Crippen molar-refractivity contribution < 1.29 is 9.53 Å². The number of hydrogen-bond donors (Lipinski definition) is 1. The number of rotatable bonds is 5. The van der Waals surface area contributed by atoms with Gasteiger partial charge >= 0.3 is 5.97 Å². The molecule has 0 saturated heterocycles. The highest BCUT2D eigenvalue weighted by Crippen LogP contribution is 2.25. The van der Waals surface area contributed by atoms with Crippen LogP contribution in [0.25, 0.3) is 0 Å². The Bertz CT molecular complexity index is 514. The van der Waals surface area contributed by atoms with E-state index in [0.29, 0.717) is 34.9 Å². The lowest BCUT2D eigenvalue weighted by molar-refractivity contribution is 0.0525. The molecule has 1 fully saturated rings. The number of thioether (sulfide) groups is 1. The second kappa shape index (κ2) is 8.36. The first-order chi connectivity index (χ1) is 10.7. The summed E-state index contributed by atoms with van der Waals surface area (Å²) in [7, 11) is 0. The average molecular weight is 323 g/mol. The van der Waals surface area contributed by atoms with Gasteiger partial charge in [0.15, 0.2) is 5.16 Å². The van der Waals surface area contributed by atoms with Crippen molar-refractivity contribution in [2.45, 2.75) is 63.6 Å². The van der Waals surface area contributed by atoms with Gasteiger partial charge in [-0.1, -0.05) is 37.4 Å². The molecule has 22 heavy (non-hydrogen) atoms. The maximum atomic E-state index is 12.2. The number of nitrogens with zero attached hydrogens (tertiary/aromatic N) is 2. The summed E-state index contributed by atoms with van der Waals surface area (Å²) in [4.78, 5) is 21.1. The highest BCUT2D eigenvalue weighted by molar-refractivity contribution is 7.98. The van der Waals surface area contributed by atoms with Gasteiger partial charge in [0.25, 0.3) is 0 Å². The molecule has 0 radical (unpaired) electrons. The standard InChI is InChI=1S/C16H25N3O2S/c1-4-21-15(20)13-11(2)17-16(22-3)19-14(13)18-12-9-7-5-6-8-10-12/h12H,4-10H2,1-3H3,(H,17,18,19). The molecule has 0 amide bonds. The molecule has 0 aliphatic heterocycles. The van der Waals surface area contributed by atoms with E-state index in [1.54, 1.807) is 0 Å². The van der Waals surface area contributed by atoms with Crippen LogP contribution >= 0.6 is 11.8 Å². The van der Waals surface area contributed by atoms with E-state index in [4.69, 9.17) is 4.74 Å². The number of carbonyl (C=O) groups is 1. The zero-order valence-electron chi connectivity index (χ0n) is 13.6. The molecule has 1 N–H and O–H groups in total. The van der Waals surface area contributed by atoms with E-state index in [-0.39, 0.29) is 5.97 Å². The maximum absolute atomic E-state index is 12.2. The molecule has 1 aromatic heterocycles. The van der Waals surface area contributed by atoms with E-state index in [9.17, 15) is 4.79 Å². The topological polar surface area (TPSA) is 64.1 Å². The van der Waals surface area contributed by atoms with E-state index in [1.807, 2.05) is 20.1 Å². The molecule has 1 aliphatic carbocycles. The fourth-order valence-corrected chi connectivity index (χ4v) is 3.22. The van der Waals surface area contributed by atoms with Crippen molar-refractivity contribution in [2.24, 2.45) is 0 Å². The Morgan fingerprint density at radius 1 is 1.27 bits per heavy atom. The lowest BCUT2D eigenvalue weighted by atomic mass is 10.1. The summed E-state index contributed by atoms with van der Waals surface area (Å²) < 4.78 is 5.17. The molecule has 1 heterocycles. The van der Waals surface area contributed by atoms with Gasteiger partial charge in [0, 0.05) is 6.04 Å². The van der Waals surface area contributed by atoms with Crippen molar-refractivity contribution in [3.05, 3.63) is 11.3 Å². The fourth-order valence-electron chi connectivity index (χ4n) is 2.81. The van der Waals surface area contributed by atoms with Crippen molar-refractivity contribution in [1.82, 2.24) is 9.97 Å².